The number of nitrogens with one attached hydrogen (secondary N) is 1. The van der Waals surface area contributed by atoms with Crippen LogP contribution in [-0.4, -0.2) is 32.1 Å². The van der Waals surface area contributed by atoms with E-state index in [9.17, 15) is 14.4 Å². The van der Waals surface area contributed by atoms with E-state index in [-0.39, 0.29) is 17.9 Å². The van der Waals surface area contributed by atoms with Crippen LogP contribution in [0.5, 0.6) is 0 Å². The molecule has 0 aliphatic rings. The molecule has 1 N–H and O–H groups in total. The lowest BCUT2D eigenvalue weighted by Crippen LogP contribution is -2.24. The van der Waals surface area contributed by atoms with Crippen molar-refractivity contribution in [2.45, 2.75) is 13.3 Å². The molecule has 0 radical (unpaired) electrons. The third-order valence-corrected chi connectivity index (χ3v) is 3.29. The van der Waals surface area contributed by atoms with E-state index in [1.54, 1.807) is 25.1 Å². The van der Waals surface area contributed by atoms with Crippen LogP contribution >= 0.6 is 15.9 Å². The van der Waals surface area contributed by atoms with E-state index in [1.165, 1.54) is 14.2 Å². The number of carbonyl (C=O) groups excluding carboxylic acids is 3. The number of halogens is 1. The summed E-state index contributed by atoms with van der Waals surface area (Å²) in [5, 5.41) is 2.61. The van der Waals surface area contributed by atoms with Gasteiger partial charge in [-0.1, -0.05) is 22.9 Å². The summed E-state index contributed by atoms with van der Waals surface area (Å²) in [4.78, 5) is 34.9. The number of carbonyl (C=O) groups is 3. The topological polar surface area (TPSA) is 81.7 Å². The molecule has 0 aromatic heterocycles. The van der Waals surface area contributed by atoms with Crippen molar-refractivity contribution >= 4 is 39.5 Å². The Hall–Kier alpha value is -1.89. The number of rotatable bonds is 5. The van der Waals surface area contributed by atoms with Gasteiger partial charge in [0.1, 0.15) is 0 Å². The number of esters is 2. The minimum atomic E-state index is -0.577. The molecule has 1 rings (SSSR count). The van der Waals surface area contributed by atoms with Crippen molar-refractivity contribution in [3.63, 3.8) is 0 Å². The second-order valence-electron chi connectivity index (χ2n) is 4.35. The number of benzene rings is 1. The van der Waals surface area contributed by atoms with Gasteiger partial charge < -0.3 is 14.8 Å². The van der Waals surface area contributed by atoms with Crippen LogP contribution in [0, 0.1) is 5.92 Å². The maximum absolute atomic E-state index is 12.0. The molecule has 7 heteroatoms. The normalized spacial score (nSPS) is 11.4. The monoisotopic (exact) mass is 357 g/mol. The van der Waals surface area contributed by atoms with Crippen LogP contribution < -0.4 is 5.32 Å². The second-order valence-corrected chi connectivity index (χ2v) is 5.27. The summed E-state index contributed by atoms with van der Waals surface area (Å²) in [6.07, 6.45) is -0.0353. The third kappa shape index (κ3) is 4.86. The molecule has 0 aliphatic heterocycles. The first kappa shape index (κ1) is 17.2. The maximum atomic E-state index is 12.0. The van der Waals surface area contributed by atoms with Crippen LogP contribution in [0.3, 0.4) is 0 Å². The summed E-state index contributed by atoms with van der Waals surface area (Å²) in [6.45, 7) is 1.60. The fourth-order valence-electron chi connectivity index (χ4n) is 1.59. The molecule has 6 nitrogen and oxygen atoms in total. The SMILES string of the molecule is COC(=O)CC(C)C(=O)Nc1ccc(Br)cc1C(=O)OC. The predicted molar refractivity (Wildman–Crippen MR) is 79.9 cm³/mol. The van der Waals surface area contributed by atoms with Crippen molar-refractivity contribution in [2.24, 2.45) is 5.92 Å². The maximum Gasteiger partial charge on any atom is 0.340 e. The molecule has 0 aliphatic carbocycles. The lowest BCUT2D eigenvalue weighted by atomic mass is 10.1. The Morgan fingerprint density at radius 2 is 1.90 bits per heavy atom. The minimum Gasteiger partial charge on any atom is -0.469 e. The zero-order chi connectivity index (χ0) is 16.0. The average molecular weight is 358 g/mol. The summed E-state index contributed by atoms with van der Waals surface area (Å²) in [5.74, 6) is -1.99. The summed E-state index contributed by atoms with van der Waals surface area (Å²) in [6, 6.07) is 4.82. The van der Waals surface area contributed by atoms with Crippen LogP contribution in [-0.2, 0) is 19.1 Å². The first-order valence-corrected chi connectivity index (χ1v) is 6.93. The Morgan fingerprint density at radius 1 is 1.24 bits per heavy atom. The minimum absolute atomic E-state index is 0.0353. The van der Waals surface area contributed by atoms with Gasteiger partial charge in [0.2, 0.25) is 5.91 Å². The van der Waals surface area contributed by atoms with Gasteiger partial charge in [-0.2, -0.15) is 0 Å². The molecule has 0 spiro atoms. The quantitative estimate of drug-likeness (QED) is 0.818. The fourth-order valence-corrected chi connectivity index (χ4v) is 1.95. The molecule has 1 unspecified atom stereocenters. The Balaban J connectivity index is 2.89. The summed E-state index contributed by atoms with van der Waals surface area (Å²) in [5.41, 5.74) is 0.553. The van der Waals surface area contributed by atoms with Gasteiger partial charge in [0.15, 0.2) is 0 Å². The number of ether oxygens (including phenoxy) is 2. The lowest BCUT2D eigenvalue weighted by molar-refractivity contribution is -0.143. The zero-order valence-electron chi connectivity index (χ0n) is 11.9. The summed E-state index contributed by atoms with van der Waals surface area (Å²) >= 11 is 3.25. The van der Waals surface area contributed by atoms with Crippen LogP contribution in [0.2, 0.25) is 0 Å². The van der Waals surface area contributed by atoms with Gasteiger partial charge in [-0.05, 0) is 18.2 Å². The van der Waals surface area contributed by atoms with Crippen molar-refractivity contribution in [1.82, 2.24) is 0 Å². The van der Waals surface area contributed by atoms with Gasteiger partial charge in [-0.25, -0.2) is 4.79 Å². The molecule has 0 bridgehead atoms. The smallest absolute Gasteiger partial charge is 0.340 e. The largest absolute Gasteiger partial charge is 0.469 e. The Morgan fingerprint density at radius 3 is 2.48 bits per heavy atom. The molecule has 0 heterocycles. The van der Waals surface area contributed by atoms with E-state index >= 15 is 0 Å². The molecule has 114 valence electrons. The summed E-state index contributed by atoms with van der Waals surface area (Å²) < 4.78 is 9.87. The molecule has 0 saturated heterocycles. The van der Waals surface area contributed by atoms with Gasteiger partial charge in [0.05, 0.1) is 31.9 Å². The van der Waals surface area contributed by atoms with E-state index in [1.807, 2.05) is 0 Å². The van der Waals surface area contributed by atoms with Crippen molar-refractivity contribution in [3.8, 4) is 0 Å². The molecule has 1 aromatic carbocycles. The number of hydrogen-bond donors (Lipinski definition) is 1. The van der Waals surface area contributed by atoms with Crippen LogP contribution in [0.25, 0.3) is 0 Å². The van der Waals surface area contributed by atoms with Crippen molar-refractivity contribution in [3.05, 3.63) is 28.2 Å². The van der Waals surface area contributed by atoms with E-state index in [2.05, 4.69) is 30.7 Å². The molecular formula is C14H16BrNO5. The fraction of sp³-hybridized carbons (Fsp3) is 0.357. The van der Waals surface area contributed by atoms with Gasteiger partial charge >= 0.3 is 11.9 Å². The van der Waals surface area contributed by atoms with Gasteiger partial charge in [-0.3, -0.25) is 9.59 Å². The number of methoxy groups -OCH3 is 2. The van der Waals surface area contributed by atoms with Gasteiger partial charge in [0, 0.05) is 10.4 Å². The first-order valence-electron chi connectivity index (χ1n) is 6.14. The van der Waals surface area contributed by atoms with Gasteiger partial charge in [-0.15, -0.1) is 0 Å². The van der Waals surface area contributed by atoms with E-state index in [0.29, 0.717) is 10.2 Å². The average Bonchev–Trinajstić information content (AvgIpc) is 2.47. The van der Waals surface area contributed by atoms with Crippen molar-refractivity contribution < 1.29 is 23.9 Å². The summed E-state index contributed by atoms with van der Waals surface area (Å²) in [7, 11) is 2.52. The molecule has 0 fully saturated rings. The van der Waals surface area contributed by atoms with Crippen LogP contribution in [0.15, 0.2) is 22.7 Å². The van der Waals surface area contributed by atoms with Crippen molar-refractivity contribution in [2.75, 3.05) is 19.5 Å². The molecule has 1 aromatic rings. The number of hydrogen-bond acceptors (Lipinski definition) is 5. The van der Waals surface area contributed by atoms with Gasteiger partial charge in [0.25, 0.3) is 0 Å². The highest BCUT2D eigenvalue weighted by Gasteiger charge is 2.20. The predicted octanol–water partition coefficient (Wildman–Crippen LogP) is 2.37. The number of anilines is 1. The lowest BCUT2D eigenvalue weighted by Gasteiger charge is -2.13. The standard InChI is InChI=1S/C14H16BrNO5/c1-8(6-12(17)20-2)13(18)16-11-5-4-9(15)7-10(11)14(19)21-3/h4-5,7-8H,6H2,1-3H3,(H,16,18). The molecule has 1 atom stereocenters. The molecular weight excluding hydrogens is 342 g/mol. The Labute approximate surface area is 130 Å². The first-order chi connectivity index (χ1) is 9.88. The molecule has 0 saturated carbocycles. The Kier molecular flexibility index (Phi) is 6.36. The van der Waals surface area contributed by atoms with E-state index in [4.69, 9.17) is 0 Å². The molecule has 1 amide bonds. The second kappa shape index (κ2) is 7.78. The van der Waals surface area contributed by atoms with E-state index < -0.39 is 17.9 Å². The van der Waals surface area contributed by atoms with Crippen molar-refractivity contribution in [1.29, 1.82) is 0 Å². The highest BCUT2D eigenvalue weighted by molar-refractivity contribution is 9.10. The molecule has 21 heavy (non-hydrogen) atoms. The number of amides is 1. The highest BCUT2D eigenvalue weighted by Crippen LogP contribution is 2.22. The van der Waals surface area contributed by atoms with Crippen LogP contribution in [0.4, 0.5) is 5.69 Å². The third-order valence-electron chi connectivity index (χ3n) is 2.79. The highest BCUT2D eigenvalue weighted by atomic mass is 79.9. The zero-order valence-corrected chi connectivity index (χ0v) is 13.5. The van der Waals surface area contributed by atoms with Crippen LogP contribution in [0.1, 0.15) is 23.7 Å². The van der Waals surface area contributed by atoms with E-state index in [0.717, 1.165) is 0 Å². The Bertz CT molecular complexity index is 558.